The first-order valence-electron chi connectivity index (χ1n) is 8.28. The quantitative estimate of drug-likeness (QED) is 0.891. The first-order chi connectivity index (χ1) is 11.3. The fourth-order valence-corrected chi connectivity index (χ4v) is 2.73. The summed E-state index contributed by atoms with van der Waals surface area (Å²) in [4.78, 5) is 26.2. The van der Waals surface area contributed by atoms with Gasteiger partial charge in [-0.05, 0) is 57.7 Å². The lowest BCUT2D eigenvalue weighted by Gasteiger charge is -2.32. The molecule has 1 unspecified atom stereocenters. The number of rotatable bonds is 3. The number of anilines is 1. The van der Waals surface area contributed by atoms with E-state index in [0.717, 1.165) is 12.8 Å². The monoisotopic (exact) mass is 334 g/mol. The van der Waals surface area contributed by atoms with Gasteiger partial charge in [0.1, 0.15) is 5.60 Å². The maximum absolute atomic E-state index is 12.6. The zero-order valence-corrected chi connectivity index (χ0v) is 14.5. The van der Waals surface area contributed by atoms with Gasteiger partial charge in [0, 0.05) is 30.9 Å². The number of nitrogens with one attached hydrogen (secondary N) is 1. The maximum Gasteiger partial charge on any atom is 0.412 e. The second-order valence-electron chi connectivity index (χ2n) is 7.15. The third-order valence-electron chi connectivity index (χ3n) is 3.82. The van der Waals surface area contributed by atoms with E-state index in [4.69, 9.17) is 4.74 Å². The molecule has 24 heavy (non-hydrogen) atoms. The molecule has 1 aliphatic heterocycles. The second-order valence-corrected chi connectivity index (χ2v) is 7.15. The first kappa shape index (κ1) is 18.3. The van der Waals surface area contributed by atoms with Gasteiger partial charge in [-0.2, -0.15) is 0 Å². The zero-order valence-electron chi connectivity index (χ0n) is 14.5. The lowest BCUT2D eigenvalue weighted by Crippen LogP contribution is -2.40. The standard InChI is InChI=1S/C18H26N2O4/c1-18(2,3)24-17(23)19-15-8-4-7-14(10-15)16(22)20-9-5-6-13(11-20)12-21/h4,7-8,10,13,21H,5-6,9,11-12H2,1-3H3,(H,19,23). The van der Waals surface area contributed by atoms with E-state index in [1.54, 1.807) is 49.9 Å². The summed E-state index contributed by atoms with van der Waals surface area (Å²) in [5.41, 5.74) is 0.456. The number of nitrogens with zero attached hydrogens (tertiary/aromatic N) is 1. The van der Waals surface area contributed by atoms with Crippen LogP contribution in [0.4, 0.5) is 10.5 Å². The van der Waals surface area contributed by atoms with Gasteiger partial charge >= 0.3 is 6.09 Å². The highest BCUT2D eigenvalue weighted by Gasteiger charge is 2.24. The fourth-order valence-electron chi connectivity index (χ4n) is 2.73. The molecule has 1 heterocycles. The Kier molecular flexibility index (Phi) is 5.83. The summed E-state index contributed by atoms with van der Waals surface area (Å²) in [5, 5.41) is 11.9. The normalized spacial score (nSPS) is 18.2. The van der Waals surface area contributed by atoms with Crippen molar-refractivity contribution in [3.05, 3.63) is 29.8 Å². The van der Waals surface area contributed by atoms with Crippen molar-refractivity contribution in [3.63, 3.8) is 0 Å². The van der Waals surface area contributed by atoms with E-state index >= 15 is 0 Å². The molecule has 2 rings (SSSR count). The van der Waals surface area contributed by atoms with Crippen LogP contribution in [0.5, 0.6) is 0 Å². The average Bonchev–Trinajstić information content (AvgIpc) is 2.52. The van der Waals surface area contributed by atoms with Crippen LogP contribution in [-0.4, -0.2) is 47.3 Å². The fraction of sp³-hybridized carbons (Fsp3) is 0.556. The van der Waals surface area contributed by atoms with Crippen LogP contribution in [0.25, 0.3) is 0 Å². The van der Waals surface area contributed by atoms with Gasteiger partial charge in [0.05, 0.1) is 0 Å². The van der Waals surface area contributed by atoms with Gasteiger partial charge < -0.3 is 14.7 Å². The summed E-state index contributed by atoms with van der Waals surface area (Å²) in [5.74, 6) is 0.0618. The number of benzene rings is 1. The minimum absolute atomic E-state index is 0.0824. The average molecular weight is 334 g/mol. The van der Waals surface area contributed by atoms with E-state index in [2.05, 4.69) is 5.32 Å². The third-order valence-corrected chi connectivity index (χ3v) is 3.82. The summed E-state index contributed by atoms with van der Waals surface area (Å²) in [6.07, 6.45) is 1.29. The molecule has 1 aromatic rings. The molecule has 2 N–H and O–H groups in total. The third kappa shape index (κ3) is 5.23. The molecule has 2 amide bonds. The van der Waals surface area contributed by atoms with Crippen LogP contribution in [0.1, 0.15) is 44.0 Å². The van der Waals surface area contributed by atoms with Crippen molar-refractivity contribution >= 4 is 17.7 Å². The van der Waals surface area contributed by atoms with Crippen molar-refractivity contribution in [2.45, 2.75) is 39.2 Å². The lowest BCUT2D eigenvalue weighted by atomic mass is 9.98. The van der Waals surface area contributed by atoms with Crippen molar-refractivity contribution in [2.75, 3.05) is 25.0 Å². The molecule has 1 saturated heterocycles. The number of aliphatic hydroxyl groups is 1. The molecule has 6 nitrogen and oxygen atoms in total. The molecule has 0 bridgehead atoms. The molecule has 0 aliphatic carbocycles. The zero-order chi connectivity index (χ0) is 17.7. The van der Waals surface area contributed by atoms with Gasteiger partial charge in [-0.25, -0.2) is 4.79 Å². The van der Waals surface area contributed by atoms with Gasteiger partial charge in [0.25, 0.3) is 5.91 Å². The van der Waals surface area contributed by atoms with Crippen LogP contribution >= 0.6 is 0 Å². The predicted molar refractivity (Wildman–Crippen MR) is 92.0 cm³/mol. The Balaban J connectivity index is 2.04. The topological polar surface area (TPSA) is 78.9 Å². The highest BCUT2D eigenvalue weighted by molar-refractivity contribution is 5.96. The molecule has 1 atom stereocenters. The number of likely N-dealkylation sites (tertiary alicyclic amines) is 1. The van der Waals surface area contributed by atoms with Crippen molar-refractivity contribution in [3.8, 4) is 0 Å². The summed E-state index contributed by atoms with van der Waals surface area (Å²) in [6, 6.07) is 6.82. The molecule has 1 aromatic carbocycles. The number of carbonyl (C=O) groups excluding carboxylic acids is 2. The van der Waals surface area contributed by atoms with Crippen LogP contribution in [0.3, 0.4) is 0 Å². The summed E-state index contributed by atoms with van der Waals surface area (Å²) >= 11 is 0. The number of hydrogen-bond donors (Lipinski definition) is 2. The number of hydrogen-bond acceptors (Lipinski definition) is 4. The Morgan fingerprint density at radius 3 is 2.79 bits per heavy atom. The molecule has 0 saturated carbocycles. The van der Waals surface area contributed by atoms with Gasteiger partial charge in [0.2, 0.25) is 0 Å². The number of amides is 2. The Labute approximate surface area is 142 Å². The first-order valence-corrected chi connectivity index (χ1v) is 8.28. The lowest BCUT2D eigenvalue weighted by molar-refractivity contribution is 0.0614. The van der Waals surface area contributed by atoms with E-state index in [9.17, 15) is 14.7 Å². The Hall–Kier alpha value is -2.08. The summed E-state index contributed by atoms with van der Waals surface area (Å²) in [6.45, 7) is 6.74. The molecule has 132 valence electrons. The van der Waals surface area contributed by atoms with E-state index in [0.29, 0.717) is 24.3 Å². The Bertz CT molecular complexity index is 595. The summed E-state index contributed by atoms with van der Waals surface area (Å²) < 4.78 is 5.21. The van der Waals surface area contributed by atoms with Crippen molar-refractivity contribution in [2.24, 2.45) is 5.92 Å². The van der Waals surface area contributed by atoms with Crippen LogP contribution < -0.4 is 5.32 Å². The van der Waals surface area contributed by atoms with E-state index in [1.165, 1.54) is 0 Å². The van der Waals surface area contributed by atoms with Crippen molar-refractivity contribution in [1.82, 2.24) is 4.90 Å². The van der Waals surface area contributed by atoms with Gasteiger partial charge in [-0.1, -0.05) is 6.07 Å². The molecule has 1 fully saturated rings. The predicted octanol–water partition coefficient (Wildman–Crippen LogP) is 2.88. The number of aliphatic hydroxyl groups excluding tert-OH is 1. The highest BCUT2D eigenvalue weighted by Crippen LogP contribution is 2.20. The molecular weight excluding hydrogens is 308 g/mol. The second kappa shape index (κ2) is 7.66. The Morgan fingerprint density at radius 1 is 1.38 bits per heavy atom. The highest BCUT2D eigenvalue weighted by atomic mass is 16.6. The Morgan fingerprint density at radius 2 is 2.12 bits per heavy atom. The molecule has 6 heteroatoms. The van der Waals surface area contributed by atoms with Crippen LogP contribution in [0, 0.1) is 5.92 Å². The van der Waals surface area contributed by atoms with Gasteiger partial charge in [-0.3, -0.25) is 10.1 Å². The minimum Gasteiger partial charge on any atom is -0.444 e. The largest absolute Gasteiger partial charge is 0.444 e. The van der Waals surface area contributed by atoms with Crippen LogP contribution in [0.2, 0.25) is 0 Å². The minimum atomic E-state index is -0.579. The van der Waals surface area contributed by atoms with Gasteiger partial charge in [-0.15, -0.1) is 0 Å². The maximum atomic E-state index is 12.6. The SMILES string of the molecule is CC(C)(C)OC(=O)Nc1cccc(C(=O)N2CCCC(CO)C2)c1. The smallest absolute Gasteiger partial charge is 0.412 e. The molecule has 0 spiro atoms. The van der Waals surface area contributed by atoms with E-state index in [-0.39, 0.29) is 18.4 Å². The van der Waals surface area contributed by atoms with Crippen LogP contribution in [-0.2, 0) is 4.74 Å². The number of carbonyl (C=O) groups is 2. The van der Waals surface area contributed by atoms with Crippen LogP contribution in [0.15, 0.2) is 24.3 Å². The van der Waals surface area contributed by atoms with E-state index < -0.39 is 11.7 Å². The number of ether oxygens (including phenoxy) is 1. The molecular formula is C18H26N2O4. The molecule has 1 aliphatic rings. The van der Waals surface area contributed by atoms with Crippen molar-refractivity contribution in [1.29, 1.82) is 0 Å². The molecule has 0 radical (unpaired) electrons. The number of piperidine rings is 1. The van der Waals surface area contributed by atoms with E-state index in [1.807, 2.05) is 0 Å². The molecule has 0 aromatic heterocycles. The van der Waals surface area contributed by atoms with Gasteiger partial charge in [0.15, 0.2) is 0 Å². The summed E-state index contributed by atoms with van der Waals surface area (Å²) in [7, 11) is 0. The van der Waals surface area contributed by atoms with Crippen molar-refractivity contribution < 1.29 is 19.4 Å².